The maximum absolute atomic E-state index is 5.03. The zero-order chi connectivity index (χ0) is 23.2. The van der Waals surface area contributed by atoms with Crippen molar-refractivity contribution in [2.75, 3.05) is 0 Å². The van der Waals surface area contributed by atoms with E-state index in [1.807, 2.05) is 0 Å². The van der Waals surface area contributed by atoms with Crippen LogP contribution in [0.25, 0.3) is 44.4 Å². The molecule has 5 rings (SSSR count). The second-order valence-electron chi connectivity index (χ2n) is 9.03. The number of pyridine rings is 1. The van der Waals surface area contributed by atoms with Gasteiger partial charge in [0.05, 0.1) is 11.2 Å². The number of rotatable bonds is 8. The lowest BCUT2D eigenvalue weighted by Gasteiger charge is -2.11. The zero-order valence-electron chi connectivity index (χ0n) is 19.9. The third kappa shape index (κ3) is 4.94. The van der Waals surface area contributed by atoms with E-state index in [1.165, 1.54) is 65.3 Å². The molecule has 0 aliphatic heterocycles. The SMILES string of the molecule is CCCCCCc1ccc(-c2cccc(-c3cc(-c4ccccc4)c4ccccc4n3)c2)cc1. The van der Waals surface area contributed by atoms with Gasteiger partial charge in [-0.3, -0.25) is 0 Å². The second kappa shape index (κ2) is 10.5. The Labute approximate surface area is 203 Å². The van der Waals surface area contributed by atoms with Crippen molar-refractivity contribution in [3.05, 3.63) is 115 Å². The molecule has 0 saturated heterocycles. The number of hydrogen-bond acceptors (Lipinski definition) is 1. The van der Waals surface area contributed by atoms with Gasteiger partial charge in [0.15, 0.2) is 0 Å². The summed E-state index contributed by atoms with van der Waals surface area (Å²) in [7, 11) is 0. The van der Waals surface area contributed by atoms with Crippen molar-refractivity contribution < 1.29 is 0 Å². The molecular weight excluding hydrogens is 410 g/mol. The van der Waals surface area contributed by atoms with Crippen molar-refractivity contribution in [3.8, 4) is 33.5 Å². The van der Waals surface area contributed by atoms with Gasteiger partial charge in [-0.05, 0) is 58.9 Å². The van der Waals surface area contributed by atoms with Crippen LogP contribution in [0.5, 0.6) is 0 Å². The van der Waals surface area contributed by atoms with Gasteiger partial charge in [0, 0.05) is 10.9 Å². The van der Waals surface area contributed by atoms with E-state index in [1.54, 1.807) is 0 Å². The van der Waals surface area contributed by atoms with Crippen molar-refractivity contribution in [1.29, 1.82) is 0 Å². The average molecular weight is 442 g/mol. The predicted octanol–water partition coefficient (Wildman–Crippen LogP) is 9.36. The Balaban J connectivity index is 1.47. The van der Waals surface area contributed by atoms with E-state index in [0.717, 1.165) is 16.8 Å². The largest absolute Gasteiger partial charge is 0.248 e. The fourth-order valence-electron chi connectivity index (χ4n) is 4.66. The highest BCUT2D eigenvalue weighted by Crippen LogP contribution is 2.33. The molecular formula is C33H31N. The summed E-state index contributed by atoms with van der Waals surface area (Å²) in [4.78, 5) is 5.03. The number of nitrogens with zero attached hydrogens (tertiary/aromatic N) is 1. The van der Waals surface area contributed by atoms with Crippen LogP contribution in [0.4, 0.5) is 0 Å². The van der Waals surface area contributed by atoms with E-state index in [9.17, 15) is 0 Å². The van der Waals surface area contributed by atoms with E-state index in [-0.39, 0.29) is 0 Å². The first-order chi connectivity index (χ1) is 16.8. The Bertz CT molecular complexity index is 1370. The van der Waals surface area contributed by atoms with Crippen LogP contribution in [-0.4, -0.2) is 4.98 Å². The molecule has 0 atom stereocenters. The van der Waals surface area contributed by atoms with Crippen LogP contribution in [-0.2, 0) is 6.42 Å². The van der Waals surface area contributed by atoms with Gasteiger partial charge in [-0.15, -0.1) is 0 Å². The maximum atomic E-state index is 5.03. The molecule has 0 N–H and O–H groups in total. The van der Waals surface area contributed by atoms with Gasteiger partial charge < -0.3 is 0 Å². The van der Waals surface area contributed by atoms with Crippen LogP contribution >= 0.6 is 0 Å². The van der Waals surface area contributed by atoms with Gasteiger partial charge in [-0.25, -0.2) is 4.98 Å². The lowest BCUT2D eigenvalue weighted by molar-refractivity contribution is 0.667. The molecule has 0 aliphatic carbocycles. The van der Waals surface area contributed by atoms with Crippen LogP contribution < -0.4 is 0 Å². The first-order valence-corrected chi connectivity index (χ1v) is 12.5. The summed E-state index contributed by atoms with van der Waals surface area (Å²) >= 11 is 0. The van der Waals surface area contributed by atoms with E-state index in [4.69, 9.17) is 4.98 Å². The van der Waals surface area contributed by atoms with Gasteiger partial charge in [0.1, 0.15) is 0 Å². The lowest BCUT2D eigenvalue weighted by atomic mass is 9.96. The van der Waals surface area contributed by atoms with Crippen molar-refractivity contribution in [3.63, 3.8) is 0 Å². The number of fused-ring (bicyclic) bond motifs is 1. The summed E-state index contributed by atoms with van der Waals surface area (Å²) in [6, 6.07) is 39.1. The minimum atomic E-state index is 1.01. The Kier molecular flexibility index (Phi) is 6.81. The zero-order valence-corrected chi connectivity index (χ0v) is 19.9. The standard InChI is InChI=1S/C33H31N/c1-2-3-4-6-12-25-19-21-26(22-20-25)28-15-11-16-29(23-28)33-24-31(27-13-7-5-8-14-27)30-17-9-10-18-32(30)34-33/h5,7-11,13-24H,2-4,6,12H2,1H3. The predicted molar refractivity (Wildman–Crippen MR) is 146 cm³/mol. The molecule has 1 nitrogen and oxygen atoms in total. The lowest BCUT2D eigenvalue weighted by Crippen LogP contribution is -1.90. The Morgan fingerprint density at radius 1 is 0.559 bits per heavy atom. The van der Waals surface area contributed by atoms with Crippen LogP contribution in [0.1, 0.15) is 38.2 Å². The van der Waals surface area contributed by atoms with Gasteiger partial charge in [0.2, 0.25) is 0 Å². The normalized spacial score (nSPS) is 11.1. The quantitative estimate of drug-likeness (QED) is 0.219. The molecule has 5 aromatic rings. The summed E-state index contributed by atoms with van der Waals surface area (Å²) in [6.45, 7) is 2.26. The fourth-order valence-corrected chi connectivity index (χ4v) is 4.66. The van der Waals surface area contributed by atoms with Crippen LogP contribution in [0.2, 0.25) is 0 Å². The van der Waals surface area contributed by atoms with Gasteiger partial charge >= 0.3 is 0 Å². The Morgan fingerprint density at radius 3 is 2.12 bits per heavy atom. The second-order valence-corrected chi connectivity index (χ2v) is 9.03. The van der Waals surface area contributed by atoms with Crippen molar-refractivity contribution in [1.82, 2.24) is 4.98 Å². The summed E-state index contributed by atoms with van der Waals surface area (Å²) in [6.07, 6.45) is 6.39. The van der Waals surface area contributed by atoms with E-state index in [0.29, 0.717) is 0 Å². The molecule has 0 aliphatic rings. The topological polar surface area (TPSA) is 12.9 Å². The monoisotopic (exact) mass is 441 g/mol. The molecule has 0 radical (unpaired) electrons. The van der Waals surface area contributed by atoms with Crippen LogP contribution in [0.3, 0.4) is 0 Å². The molecule has 0 bridgehead atoms. The third-order valence-corrected chi connectivity index (χ3v) is 6.57. The summed E-state index contributed by atoms with van der Waals surface area (Å²) < 4.78 is 0. The Hall–Kier alpha value is -3.71. The van der Waals surface area contributed by atoms with Gasteiger partial charge in [0.25, 0.3) is 0 Å². The summed E-state index contributed by atoms with van der Waals surface area (Å²) in [5.74, 6) is 0. The molecule has 34 heavy (non-hydrogen) atoms. The highest BCUT2D eigenvalue weighted by atomic mass is 14.7. The maximum Gasteiger partial charge on any atom is 0.0716 e. The molecule has 0 spiro atoms. The van der Waals surface area contributed by atoms with Crippen molar-refractivity contribution >= 4 is 10.9 Å². The van der Waals surface area contributed by atoms with Crippen molar-refractivity contribution in [2.24, 2.45) is 0 Å². The minimum absolute atomic E-state index is 1.01. The number of para-hydroxylation sites is 1. The van der Waals surface area contributed by atoms with E-state index < -0.39 is 0 Å². The number of aryl methyl sites for hydroxylation is 1. The van der Waals surface area contributed by atoms with Gasteiger partial charge in [-0.1, -0.05) is 117 Å². The van der Waals surface area contributed by atoms with E-state index >= 15 is 0 Å². The summed E-state index contributed by atoms with van der Waals surface area (Å²) in [5, 5.41) is 1.18. The fraction of sp³-hybridized carbons (Fsp3) is 0.182. The molecule has 0 fully saturated rings. The van der Waals surface area contributed by atoms with Crippen LogP contribution in [0, 0.1) is 0 Å². The highest BCUT2D eigenvalue weighted by molar-refractivity contribution is 5.96. The molecule has 0 saturated carbocycles. The first kappa shape index (κ1) is 22.1. The van der Waals surface area contributed by atoms with Gasteiger partial charge in [-0.2, -0.15) is 0 Å². The third-order valence-electron chi connectivity index (χ3n) is 6.57. The number of aromatic nitrogens is 1. The molecule has 1 aromatic heterocycles. The molecule has 0 unspecified atom stereocenters. The number of unbranched alkanes of at least 4 members (excludes halogenated alkanes) is 3. The molecule has 168 valence electrons. The van der Waals surface area contributed by atoms with Crippen LogP contribution in [0.15, 0.2) is 109 Å². The number of benzene rings is 4. The summed E-state index contributed by atoms with van der Waals surface area (Å²) in [5.41, 5.74) is 9.52. The molecule has 0 amide bonds. The average Bonchev–Trinajstić information content (AvgIpc) is 2.91. The Morgan fingerprint density at radius 2 is 1.29 bits per heavy atom. The highest BCUT2D eigenvalue weighted by Gasteiger charge is 2.10. The molecule has 4 aromatic carbocycles. The van der Waals surface area contributed by atoms with E-state index in [2.05, 4.69) is 116 Å². The first-order valence-electron chi connectivity index (χ1n) is 12.5. The molecule has 1 heterocycles. The smallest absolute Gasteiger partial charge is 0.0716 e. The minimum Gasteiger partial charge on any atom is -0.248 e. The van der Waals surface area contributed by atoms with Crippen molar-refractivity contribution in [2.45, 2.75) is 39.0 Å². The molecule has 1 heteroatoms. The number of hydrogen-bond donors (Lipinski definition) is 0.